The Balaban J connectivity index is 1.77. The third kappa shape index (κ3) is 4.31. The second-order valence-corrected chi connectivity index (χ2v) is 7.48. The SMILES string of the molecule is Nc1cc(C2CC(Br)=NO2)nc(C(=O)OCc2ccc(Br)cc2)c1Cl. The second-order valence-electron chi connectivity index (χ2n) is 5.27. The Bertz CT molecular complexity index is 843. The first-order chi connectivity index (χ1) is 11.9. The van der Waals surface area contributed by atoms with Crippen LogP contribution < -0.4 is 5.73 Å². The molecular weight excluding hydrogens is 477 g/mol. The predicted molar refractivity (Wildman–Crippen MR) is 102 cm³/mol. The molecule has 2 N–H and O–H groups in total. The van der Waals surface area contributed by atoms with Crippen molar-refractivity contribution in [2.24, 2.45) is 5.16 Å². The normalized spacial score (nSPS) is 16.3. The van der Waals surface area contributed by atoms with E-state index < -0.39 is 12.1 Å². The number of hydrogen-bond acceptors (Lipinski definition) is 6. The highest BCUT2D eigenvalue weighted by Gasteiger charge is 2.26. The van der Waals surface area contributed by atoms with Gasteiger partial charge in [0.05, 0.1) is 16.4 Å². The van der Waals surface area contributed by atoms with Crippen LogP contribution in [0.4, 0.5) is 5.69 Å². The first-order valence-corrected chi connectivity index (χ1v) is 9.16. The summed E-state index contributed by atoms with van der Waals surface area (Å²) < 4.78 is 6.89. The van der Waals surface area contributed by atoms with Crippen molar-refractivity contribution in [1.82, 2.24) is 4.98 Å². The zero-order chi connectivity index (χ0) is 18.0. The van der Waals surface area contributed by atoms with Crippen LogP contribution in [0.25, 0.3) is 0 Å². The lowest BCUT2D eigenvalue weighted by atomic mass is 10.1. The average molecular weight is 490 g/mol. The quantitative estimate of drug-likeness (QED) is 0.634. The van der Waals surface area contributed by atoms with Crippen LogP contribution in [0, 0.1) is 0 Å². The van der Waals surface area contributed by atoms with Gasteiger partial charge in [0, 0.05) is 10.9 Å². The molecule has 2 aromatic rings. The Morgan fingerprint density at radius 2 is 2.08 bits per heavy atom. The Morgan fingerprint density at radius 3 is 2.72 bits per heavy atom. The lowest BCUT2D eigenvalue weighted by molar-refractivity contribution is 0.0462. The first kappa shape index (κ1) is 18.2. The number of ether oxygens (including phenoxy) is 1. The fraction of sp³-hybridized carbons (Fsp3) is 0.188. The van der Waals surface area contributed by atoms with Gasteiger partial charge in [-0.3, -0.25) is 0 Å². The van der Waals surface area contributed by atoms with E-state index in [1.54, 1.807) is 6.07 Å². The third-order valence-corrected chi connectivity index (χ3v) is 4.84. The van der Waals surface area contributed by atoms with Crippen molar-refractivity contribution in [1.29, 1.82) is 0 Å². The molecule has 0 spiro atoms. The van der Waals surface area contributed by atoms with Crippen LogP contribution in [-0.2, 0) is 16.2 Å². The van der Waals surface area contributed by atoms with Gasteiger partial charge in [-0.05, 0) is 39.7 Å². The number of nitrogens with two attached hydrogens (primary N) is 1. The van der Waals surface area contributed by atoms with Crippen molar-refractivity contribution in [3.05, 3.63) is 56.8 Å². The van der Waals surface area contributed by atoms with E-state index in [4.69, 9.17) is 26.9 Å². The molecule has 25 heavy (non-hydrogen) atoms. The van der Waals surface area contributed by atoms with Crippen LogP contribution >= 0.6 is 43.5 Å². The van der Waals surface area contributed by atoms with Gasteiger partial charge in [-0.25, -0.2) is 9.78 Å². The third-order valence-electron chi connectivity index (χ3n) is 3.44. The van der Waals surface area contributed by atoms with Gasteiger partial charge in [0.25, 0.3) is 0 Å². The maximum absolute atomic E-state index is 12.4. The number of halogens is 3. The minimum atomic E-state index is -0.653. The molecule has 1 aliphatic heterocycles. The first-order valence-electron chi connectivity index (χ1n) is 7.19. The maximum atomic E-state index is 12.4. The summed E-state index contributed by atoms with van der Waals surface area (Å²) in [5.41, 5.74) is 7.39. The summed E-state index contributed by atoms with van der Waals surface area (Å²) in [4.78, 5) is 21.9. The number of benzene rings is 1. The summed E-state index contributed by atoms with van der Waals surface area (Å²) in [5, 5.41) is 3.86. The highest BCUT2D eigenvalue weighted by Crippen LogP contribution is 2.32. The van der Waals surface area contributed by atoms with Crippen molar-refractivity contribution < 1.29 is 14.4 Å². The summed E-state index contributed by atoms with van der Waals surface area (Å²) in [6.07, 6.45) is 0.0773. The Morgan fingerprint density at radius 1 is 1.36 bits per heavy atom. The van der Waals surface area contributed by atoms with Crippen LogP contribution in [0.2, 0.25) is 5.02 Å². The lowest BCUT2D eigenvalue weighted by Crippen LogP contribution is -2.13. The molecule has 0 radical (unpaired) electrons. The lowest BCUT2D eigenvalue weighted by Gasteiger charge is -2.12. The second kappa shape index (κ2) is 7.72. The number of esters is 1. The van der Waals surface area contributed by atoms with Gasteiger partial charge in [-0.2, -0.15) is 0 Å². The number of oxime groups is 1. The Labute approximate surface area is 165 Å². The highest BCUT2D eigenvalue weighted by molar-refractivity contribution is 9.18. The molecule has 1 unspecified atom stereocenters. The molecular formula is C16H12Br2ClN3O3. The molecule has 1 atom stereocenters. The summed E-state index contributed by atoms with van der Waals surface area (Å²) >= 11 is 12.7. The molecule has 6 nitrogen and oxygen atoms in total. The molecule has 130 valence electrons. The van der Waals surface area contributed by atoms with Crippen molar-refractivity contribution >= 4 is 59.7 Å². The zero-order valence-corrected chi connectivity index (χ0v) is 16.6. The van der Waals surface area contributed by atoms with Crippen LogP contribution in [0.5, 0.6) is 0 Å². The molecule has 0 aliphatic carbocycles. The fourth-order valence-corrected chi connectivity index (χ4v) is 2.99. The Hall–Kier alpha value is -1.64. The van der Waals surface area contributed by atoms with Crippen LogP contribution in [0.3, 0.4) is 0 Å². The van der Waals surface area contributed by atoms with Gasteiger partial charge < -0.3 is 15.3 Å². The molecule has 2 heterocycles. The van der Waals surface area contributed by atoms with Crippen molar-refractivity contribution in [2.75, 3.05) is 5.73 Å². The van der Waals surface area contributed by atoms with E-state index >= 15 is 0 Å². The number of aromatic nitrogens is 1. The van der Waals surface area contributed by atoms with Crippen LogP contribution in [0.15, 0.2) is 40.0 Å². The van der Waals surface area contributed by atoms with Gasteiger partial charge in [-0.15, -0.1) is 0 Å². The molecule has 0 amide bonds. The molecule has 1 aromatic heterocycles. The van der Waals surface area contributed by atoms with E-state index in [9.17, 15) is 4.79 Å². The number of pyridine rings is 1. The molecule has 0 fully saturated rings. The number of hydrogen-bond donors (Lipinski definition) is 1. The summed E-state index contributed by atoms with van der Waals surface area (Å²) in [6.45, 7) is 0.100. The zero-order valence-electron chi connectivity index (χ0n) is 12.7. The summed E-state index contributed by atoms with van der Waals surface area (Å²) in [6, 6.07) is 8.99. The molecule has 3 rings (SSSR count). The van der Waals surface area contributed by atoms with Crippen molar-refractivity contribution in [2.45, 2.75) is 19.1 Å². The summed E-state index contributed by atoms with van der Waals surface area (Å²) in [5.74, 6) is -0.653. The van der Waals surface area contributed by atoms with Crippen LogP contribution in [-0.4, -0.2) is 15.6 Å². The number of anilines is 1. The van der Waals surface area contributed by atoms with Crippen molar-refractivity contribution in [3.63, 3.8) is 0 Å². The smallest absolute Gasteiger partial charge is 0.358 e. The fourth-order valence-electron chi connectivity index (χ4n) is 2.17. The van der Waals surface area contributed by atoms with Gasteiger partial charge >= 0.3 is 5.97 Å². The largest absolute Gasteiger partial charge is 0.456 e. The highest BCUT2D eigenvalue weighted by atomic mass is 79.9. The topological polar surface area (TPSA) is 86.8 Å². The number of carbonyl (C=O) groups is 1. The maximum Gasteiger partial charge on any atom is 0.358 e. The molecule has 1 aromatic carbocycles. The van der Waals surface area contributed by atoms with Gasteiger partial charge in [-0.1, -0.05) is 44.8 Å². The van der Waals surface area contributed by atoms with E-state index in [0.717, 1.165) is 10.0 Å². The number of nitrogen functional groups attached to an aromatic ring is 1. The molecule has 9 heteroatoms. The van der Waals surface area contributed by atoms with Crippen molar-refractivity contribution in [3.8, 4) is 0 Å². The van der Waals surface area contributed by atoms with E-state index in [2.05, 4.69) is 42.0 Å². The van der Waals surface area contributed by atoms with Gasteiger partial charge in [0.1, 0.15) is 11.2 Å². The van der Waals surface area contributed by atoms with Gasteiger partial charge in [0.2, 0.25) is 0 Å². The van der Waals surface area contributed by atoms with E-state index in [1.165, 1.54) is 0 Å². The number of carbonyl (C=O) groups excluding carboxylic acids is 1. The summed E-state index contributed by atoms with van der Waals surface area (Å²) in [7, 11) is 0. The van der Waals surface area contributed by atoms with E-state index in [1.807, 2.05) is 24.3 Å². The number of nitrogens with zero attached hydrogens (tertiary/aromatic N) is 2. The molecule has 0 saturated carbocycles. The van der Waals surface area contributed by atoms with E-state index in [0.29, 0.717) is 16.7 Å². The molecule has 1 aliphatic rings. The van der Waals surface area contributed by atoms with E-state index in [-0.39, 0.29) is 23.0 Å². The van der Waals surface area contributed by atoms with Gasteiger partial charge in [0.15, 0.2) is 11.8 Å². The number of rotatable bonds is 4. The minimum Gasteiger partial charge on any atom is -0.456 e. The standard InChI is InChI=1S/C16H12Br2ClN3O3/c17-9-3-1-8(2-4-9)7-24-16(23)15-14(19)10(20)5-11(21-15)12-6-13(18)22-25-12/h1-5,12H,6-7H2,(H2,20,21). The predicted octanol–water partition coefficient (Wildman–Crippen LogP) is 4.61. The van der Waals surface area contributed by atoms with Crippen LogP contribution in [0.1, 0.15) is 34.3 Å². The molecule has 0 bridgehead atoms. The monoisotopic (exact) mass is 487 g/mol. The average Bonchev–Trinajstić information content (AvgIpc) is 3.03. The molecule has 0 saturated heterocycles. The minimum absolute atomic E-state index is 0.0413. The Kier molecular flexibility index (Phi) is 5.61.